The molecule has 1 unspecified atom stereocenters. The zero-order valence-corrected chi connectivity index (χ0v) is 17.9. The maximum absolute atomic E-state index is 12.2. The molecule has 160 valence electrons. The van der Waals surface area contributed by atoms with E-state index in [9.17, 15) is 9.59 Å². The monoisotopic (exact) mass is 395 g/mol. The first-order chi connectivity index (χ1) is 13.4. The summed E-state index contributed by atoms with van der Waals surface area (Å²) in [4.78, 5) is 32.0. The molecule has 2 aliphatic rings. The molecule has 2 rings (SSSR count). The van der Waals surface area contributed by atoms with Gasteiger partial charge in [-0.2, -0.15) is 0 Å². The summed E-state index contributed by atoms with van der Waals surface area (Å²) < 4.78 is 5.78. The Labute approximate surface area is 169 Å². The van der Waals surface area contributed by atoms with E-state index in [1.807, 2.05) is 18.7 Å². The van der Waals surface area contributed by atoms with E-state index in [0.29, 0.717) is 12.5 Å². The third-order valence-corrected chi connectivity index (χ3v) is 5.28. The van der Waals surface area contributed by atoms with E-state index >= 15 is 0 Å². The second-order valence-corrected chi connectivity index (χ2v) is 8.22. The minimum Gasteiger partial charge on any atom is -0.376 e. The molecule has 0 saturated carbocycles. The highest BCUT2D eigenvalue weighted by Gasteiger charge is 2.25. The van der Waals surface area contributed by atoms with Crippen molar-refractivity contribution in [2.24, 2.45) is 10.9 Å². The Hall–Kier alpha value is -1.83. The summed E-state index contributed by atoms with van der Waals surface area (Å²) in [6.07, 6.45) is 5.30. The summed E-state index contributed by atoms with van der Waals surface area (Å²) in [6, 6.07) is 0.240. The summed E-state index contributed by atoms with van der Waals surface area (Å²) in [7, 11) is 3.46. The molecule has 1 atom stereocenters. The Kier molecular flexibility index (Phi) is 9.02. The fourth-order valence-electron chi connectivity index (χ4n) is 3.42. The summed E-state index contributed by atoms with van der Waals surface area (Å²) in [6.45, 7) is 7.00. The number of hydrogen-bond acceptors (Lipinski definition) is 4. The second kappa shape index (κ2) is 11.2. The number of nitrogens with one attached hydrogen (secondary N) is 2. The van der Waals surface area contributed by atoms with Crippen LogP contribution in [-0.2, 0) is 14.3 Å². The first-order valence-corrected chi connectivity index (χ1v) is 10.5. The molecular formula is C20H37N5O3. The number of amides is 2. The largest absolute Gasteiger partial charge is 0.376 e. The van der Waals surface area contributed by atoms with Gasteiger partial charge in [0.15, 0.2) is 5.96 Å². The first-order valence-electron chi connectivity index (χ1n) is 10.5. The summed E-state index contributed by atoms with van der Waals surface area (Å²) >= 11 is 0. The maximum Gasteiger partial charge on any atom is 0.243 e. The van der Waals surface area contributed by atoms with E-state index in [1.54, 1.807) is 19.0 Å². The quantitative estimate of drug-likeness (QED) is 0.514. The van der Waals surface area contributed by atoms with Crippen molar-refractivity contribution in [3.8, 4) is 0 Å². The predicted octanol–water partition coefficient (Wildman–Crippen LogP) is 0.826. The number of carbonyl (C=O) groups excluding carboxylic acids is 2. The van der Waals surface area contributed by atoms with E-state index in [1.165, 1.54) is 6.42 Å². The minimum absolute atomic E-state index is 0.0348. The molecule has 28 heavy (non-hydrogen) atoms. The Morgan fingerprint density at radius 1 is 1.18 bits per heavy atom. The van der Waals surface area contributed by atoms with Gasteiger partial charge in [0, 0.05) is 52.3 Å². The van der Waals surface area contributed by atoms with Gasteiger partial charge in [-0.25, -0.2) is 4.99 Å². The Morgan fingerprint density at radius 2 is 1.89 bits per heavy atom. The molecule has 8 heteroatoms. The third-order valence-electron chi connectivity index (χ3n) is 5.28. The molecule has 0 aromatic heterocycles. The molecule has 2 saturated heterocycles. The lowest BCUT2D eigenvalue weighted by Crippen LogP contribution is -2.51. The van der Waals surface area contributed by atoms with Crippen LogP contribution < -0.4 is 10.6 Å². The van der Waals surface area contributed by atoms with Crippen molar-refractivity contribution >= 4 is 17.8 Å². The summed E-state index contributed by atoms with van der Waals surface area (Å²) in [5, 5.41) is 6.80. The lowest BCUT2D eigenvalue weighted by molar-refractivity contribution is -0.135. The second-order valence-electron chi connectivity index (χ2n) is 8.22. The summed E-state index contributed by atoms with van der Waals surface area (Å²) in [5.74, 6) is 0.873. The molecule has 2 aliphatic heterocycles. The van der Waals surface area contributed by atoms with Gasteiger partial charge in [-0.1, -0.05) is 13.8 Å². The number of likely N-dealkylation sites (N-methyl/N-ethyl adjacent to an activating group) is 1. The van der Waals surface area contributed by atoms with Gasteiger partial charge in [0.25, 0.3) is 0 Å². The zero-order valence-electron chi connectivity index (χ0n) is 17.9. The van der Waals surface area contributed by atoms with Crippen LogP contribution in [0.4, 0.5) is 0 Å². The van der Waals surface area contributed by atoms with Gasteiger partial charge in [-0.05, 0) is 32.1 Å². The molecule has 8 nitrogen and oxygen atoms in total. The van der Waals surface area contributed by atoms with E-state index < -0.39 is 0 Å². The number of rotatable bonds is 6. The molecule has 0 spiro atoms. The van der Waals surface area contributed by atoms with Crippen LogP contribution in [0, 0.1) is 5.92 Å². The Morgan fingerprint density at radius 3 is 2.46 bits per heavy atom. The van der Waals surface area contributed by atoms with Crippen molar-refractivity contribution < 1.29 is 14.3 Å². The van der Waals surface area contributed by atoms with Crippen molar-refractivity contribution in [1.29, 1.82) is 0 Å². The Balaban J connectivity index is 1.88. The van der Waals surface area contributed by atoms with E-state index in [0.717, 1.165) is 45.4 Å². The van der Waals surface area contributed by atoms with Crippen LogP contribution in [0.15, 0.2) is 4.99 Å². The predicted molar refractivity (Wildman–Crippen MR) is 110 cm³/mol. The van der Waals surface area contributed by atoms with Gasteiger partial charge in [0.2, 0.25) is 11.8 Å². The van der Waals surface area contributed by atoms with E-state index in [4.69, 9.17) is 4.74 Å². The maximum atomic E-state index is 12.2. The fourth-order valence-corrected chi connectivity index (χ4v) is 3.42. The summed E-state index contributed by atoms with van der Waals surface area (Å²) in [5.41, 5.74) is 0. The van der Waals surface area contributed by atoms with Crippen LogP contribution in [0.2, 0.25) is 0 Å². The molecule has 2 N–H and O–H groups in total. The smallest absolute Gasteiger partial charge is 0.243 e. The van der Waals surface area contributed by atoms with Crippen LogP contribution in [0.1, 0.15) is 46.0 Å². The number of hydrogen-bond donors (Lipinski definition) is 2. The molecule has 0 aromatic rings. The standard InChI is InChI=1S/C20H37N5O3/c1-15(2)19(27)25-10-8-16(9-11-25)23-20(22-14-18(26)24(3)4)21-13-17-7-5-6-12-28-17/h15-17H,5-14H2,1-4H3,(H2,21,22,23). The molecule has 0 radical (unpaired) electrons. The average molecular weight is 396 g/mol. The van der Waals surface area contributed by atoms with Crippen molar-refractivity contribution in [3.05, 3.63) is 0 Å². The molecule has 2 heterocycles. The van der Waals surface area contributed by atoms with Gasteiger partial charge in [0.05, 0.1) is 6.10 Å². The van der Waals surface area contributed by atoms with Gasteiger partial charge < -0.3 is 25.2 Å². The molecule has 0 aliphatic carbocycles. The number of carbonyl (C=O) groups is 2. The number of nitrogens with zero attached hydrogens (tertiary/aromatic N) is 3. The highest BCUT2D eigenvalue weighted by molar-refractivity contribution is 5.85. The zero-order chi connectivity index (χ0) is 20.5. The SMILES string of the molecule is CC(C)C(=O)N1CCC(NC(=NCC(=O)N(C)C)NCC2CCCCO2)CC1. The van der Waals surface area contributed by atoms with Gasteiger partial charge >= 0.3 is 0 Å². The lowest BCUT2D eigenvalue weighted by Gasteiger charge is -2.34. The highest BCUT2D eigenvalue weighted by Crippen LogP contribution is 2.14. The number of ether oxygens (including phenoxy) is 1. The van der Waals surface area contributed by atoms with Crippen molar-refractivity contribution in [3.63, 3.8) is 0 Å². The topological polar surface area (TPSA) is 86.3 Å². The van der Waals surface area contributed by atoms with Crippen LogP contribution in [0.25, 0.3) is 0 Å². The van der Waals surface area contributed by atoms with Crippen LogP contribution >= 0.6 is 0 Å². The molecule has 2 fully saturated rings. The third kappa shape index (κ3) is 7.30. The van der Waals surface area contributed by atoms with Crippen LogP contribution in [0.5, 0.6) is 0 Å². The fraction of sp³-hybridized carbons (Fsp3) is 0.850. The lowest BCUT2D eigenvalue weighted by atomic mass is 10.0. The number of aliphatic imine (C=N–C) groups is 1. The van der Waals surface area contributed by atoms with Crippen molar-refractivity contribution in [2.45, 2.75) is 58.1 Å². The van der Waals surface area contributed by atoms with Gasteiger partial charge in [-0.15, -0.1) is 0 Å². The number of piperidine rings is 1. The normalized spacial score (nSPS) is 21.5. The van der Waals surface area contributed by atoms with E-state index in [2.05, 4.69) is 15.6 Å². The Bertz CT molecular complexity index is 536. The molecule has 0 aromatic carbocycles. The highest BCUT2D eigenvalue weighted by atomic mass is 16.5. The van der Waals surface area contributed by atoms with Crippen LogP contribution in [0.3, 0.4) is 0 Å². The van der Waals surface area contributed by atoms with Crippen LogP contribution in [-0.4, -0.2) is 86.6 Å². The molecule has 0 bridgehead atoms. The number of likely N-dealkylation sites (tertiary alicyclic amines) is 1. The van der Waals surface area contributed by atoms with E-state index in [-0.39, 0.29) is 36.4 Å². The van der Waals surface area contributed by atoms with Crippen molar-refractivity contribution in [1.82, 2.24) is 20.4 Å². The van der Waals surface area contributed by atoms with Gasteiger partial charge in [-0.3, -0.25) is 9.59 Å². The average Bonchev–Trinajstić information content (AvgIpc) is 2.70. The number of guanidine groups is 1. The minimum atomic E-state index is -0.0348. The van der Waals surface area contributed by atoms with Gasteiger partial charge in [0.1, 0.15) is 6.54 Å². The first kappa shape index (κ1) is 22.5. The molecular weight excluding hydrogens is 358 g/mol. The van der Waals surface area contributed by atoms with Crippen molar-refractivity contribution in [2.75, 3.05) is 46.9 Å². The molecule has 2 amide bonds.